The van der Waals surface area contributed by atoms with Gasteiger partial charge < -0.3 is 30.1 Å². The zero-order valence-corrected chi connectivity index (χ0v) is 20.0. The summed E-state index contributed by atoms with van der Waals surface area (Å²) in [6.07, 6.45) is 1.79. The summed E-state index contributed by atoms with van der Waals surface area (Å²) < 4.78 is 13.5. The van der Waals surface area contributed by atoms with Gasteiger partial charge in [-0.25, -0.2) is 15.0 Å². The third-order valence-electron chi connectivity index (χ3n) is 7.04. The Morgan fingerprint density at radius 1 is 1.11 bits per heavy atom. The van der Waals surface area contributed by atoms with Crippen LogP contribution in [0.25, 0.3) is 11.2 Å². The third kappa shape index (κ3) is 4.76. The van der Waals surface area contributed by atoms with Gasteiger partial charge in [0.05, 0.1) is 31.7 Å². The van der Waals surface area contributed by atoms with Crippen LogP contribution in [0.4, 0.5) is 5.82 Å². The van der Waals surface area contributed by atoms with Crippen molar-refractivity contribution in [1.82, 2.24) is 19.5 Å². The Kier molecular flexibility index (Phi) is 6.99. The predicted octanol–water partition coefficient (Wildman–Crippen LogP) is 2.11. The Bertz CT molecular complexity index is 1140. The molecule has 1 saturated heterocycles. The van der Waals surface area contributed by atoms with Gasteiger partial charge in [-0.3, -0.25) is 4.57 Å². The summed E-state index contributed by atoms with van der Waals surface area (Å²) in [7, 11) is 0. The molecule has 2 fully saturated rings. The van der Waals surface area contributed by atoms with Crippen LogP contribution < -0.4 is 5.32 Å². The minimum Gasteiger partial charge on any atom is -0.394 e. The highest BCUT2D eigenvalue weighted by Gasteiger charge is 2.44. The average Bonchev–Trinajstić information content (AvgIpc) is 3.57. The molecule has 0 bridgehead atoms. The summed E-state index contributed by atoms with van der Waals surface area (Å²) in [6.45, 7) is 4.53. The van der Waals surface area contributed by atoms with E-state index in [0.29, 0.717) is 29.5 Å². The van der Waals surface area contributed by atoms with E-state index in [-0.39, 0.29) is 12.1 Å². The van der Waals surface area contributed by atoms with Crippen molar-refractivity contribution in [3.8, 4) is 0 Å². The molecule has 0 amide bonds. The minimum absolute atomic E-state index is 0.0484. The predicted molar refractivity (Wildman–Crippen MR) is 129 cm³/mol. The molecule has 0 radical (unpaired) electrons. The monoisotopic (exact) mass is 483 g/mol. The first-order valence-electron chi connectivity index (χ1n) is 12.2. The summed E-state index contributed by atoms with van der Waals surface area (Å²) in [5, 5.41) is 33.4. The van der Waals surface area contributed by atoms with E-state index in [1.54, 1.807) is 4.57 Å². The number of nitrogens with one attached hydrogen (secondary N) is 1. The zero-order chi connectivity index (χ0) is 24.5. The molecule has 2 aromatic heterocycles. The third-order valence-corrected chi connectivity index (χ3v) is 7.04. The van der Waals surface area contributed by atoms with Crippen molar-refractivity contribution in [3.63, 3.8) is 0 Å². The molecule has 1 aliphatic carbocycles. The number of hydrogen-bond acceptors (Lipinski definition) is 9. The van der Waals surface area contributed by atoms with Gasteiger partial charge in [-0.1, -0.05) is 38.1 Å². The van der Waals surface area contributed by atoms with E-state index in [4.69, 9.17) is 9.47 Å². The Balaban J connectivity index is 1.28. The second-order valence-corrected chi connectivity index (χ2v) is 9.70. The molecule has 3 aromatic rings. The van der Waals surface area contributed by atoms with Gasteiger partial charge in [0, 0.05) is 0 Å². The average molecular weight is 484 g/mol. The van der Waals surface area contributed by atoms with Crippen molar-refractivity contribution in [2.75, 3.05) is 11.9 Å². The van der Waals surface area contributed by atoms with Crippen molar-refractivity contribution < 1.29 is 24.8 Å². The maximum Gasteiger partial charge on any atom is 0.167 e. The Labute approximate surface area is 204 Å². The molecule has 10 nitrogen and oxygen atoms in total. The molecule has 2 aliphatic rings. The van der Waals surface area contributed by atoms with E-state index < -0.39 is 31.1 Å². The van der Waals surface area contributed by atoms with Crippen molar-refractivity contribution in [2.45, 2.75) is 82.3 Å². The maximum atomic E-state index is 10.4. The normalized spacial score (nSPS) is 28.9. The maximum absolute atomic E-state index is 10.4. The Hall–Kier alpha value is -2.63. The number of imidazole rings is 1. The number of nitrogens with zero attached hydrogens (tertiary/aromatic N) is 4. The van der Waals surface area contributed by atoms with Crippen LogP contribution >= 0.6 is 0 Å². The number of hydrogen-bond donors (Lipinski definition) is 4. The molecule has 2 unspecified atom stereocenters. The molecule has 10 heteroatoms. The van der Waals surface area contributed by atoms with E-state index in [9.17, 15) is 15.3 Å². The molecule has 188 valence electrons. The first-order chi connectivity index (χ1) is 17.0. The van der Waals surface area contributed by atoms with Crippen molar-refractivity contribution in [1.29, 1.82) is 0 Å². The van der Waals surface area contributed by atoms with Gasteiger partial charge in [-0.05, 0) is 36.3 Å². The summed E-state index contributed by atoms with van der Waals surface area (Å²) >= 11 is 0. The lowest BCUT2D eigenvalue weighted by molar-refractivity contribution is -0.0511. The lowest BCUT2D eigenvalue weighted by Gasteiger charge is -2.22. The van der Waals surface area contributed by atoms with Gasteiger partial charge >= 0.3 is 0 Å². The van der Waals surface area contributed by atoms with Gasteiger partial charge in [0.2, 0.25) is 0 Å². The van der Waals surface area contributed by atoms with Gasteiger partial charge in [0.25, 0.3) is 0 Å². The van der Waals surface area contributed by atoms with Crippen molar-refractivity contribution >= 4 is 17.0 Å². The van der Waals surface area contributed by atoms with Crippen LogP contribution in [-0.2, 0) is 16.1 Å². The Morgan fingerprint density at radius 2 is 1.91 bits per heavy atom. The van der Waals surface area contributed by atoms with Crippen LogP contribution in [-0.4, -0.2) is 71.9 Å². The SMILES string of the molecule is CC(C)c1ccc(CO[C@@H]2CCC[C@H]2Nc2ncnc3c2ncn3C2OC(CO)[C@@H](O)[C@H]2O)cc1. The van der Waals surface area contributed by atoms with Crippen LogP contribution in [0.2, 0.25) is 0 Å². The van der Waals surface area contributed by atoms with Gasteiger partial charge in [-0.15, -0.1) is 0 Å². The number of benzene rings is 1. The standard InChI is InChI=1S/C25H33N5O5/c1-14(2)16-8-6-15(7-9-16)11-34-18-5-3-4-17(18)29-23-20-24(27-12-26-23)30(13-28-20)25-22(33)21(32)19(10-31)35-25/h6-9,12-14,17-19,21-22,25,31-33H,3-5,10-11H2,1-2H3,(H,26,27,29)/t17-,18-,19?,21-,22-,25?/m1/s1. The number of fused-ring (bicyclic) bond motifs is 1. The smallest absolute Gasteiger partial charge is 0.167 e. The van der Waals surface area contributed by atoms with Crippen LogP contribution in [0.15, 0.2) is 36.9 Å². The minimum atomic E-state index is -1.21. The van der Waals surface area contributed by atoms with Crippen LogP contribution in [0, 0.1) is 0 Å². The fourth-order valence-corrected chi connectivity index (χ4v) is 4.92. The van der Waals surface area contributed by atoms with E-state index in [0.717, 1.165) is 24.8 Å². The highest BCUT2D eigenvalue weighted by molar-refractivity contribution is 5.82. The topological polar surface area (TPSA) is 135 Å². The van der Waals surface area contributed by atoms with Crippen molar-refractivity contribution in [2.24, 2.45) is 0 Å². The van der Waals surface area contributed by atoms with Crippen LogP contribution in [0.3, 0.4) is 0 Å². The number of aliphatic hydroxyl groups excluding tert-OH is 3. The quantitative estimate of drug-likeness (QED) is 0.380. The molecule has 0 spiro atoms. The van der Waals surface area contributed by atoms with Gasteiger partial charge in [-0.2, -0.15) is 0 Å². The fourth-order valence-electron chi connectivity index (χ4n) is 4.92. The zero-order valence-electron chi connectivity index (χ0n) is 20.0. The van der Waals surface area contributed by atoms with E-state index in [1.165, 1.54) is 18.2 Å². The molecule has 35 heavy (non-hydrogen) atoms. The number of anilines is 1. The molecule has 4 N–H and O–H groups in total. The summed E-state index contributed by atoms with van der Waals surface area (Å²) in [4.78, 5) is 13.2. The number of rotatable bonds is 8. The molecule has 1 aromatic carbocycles. The largest absolute Gasteiger partial charge is 0.394 e. The van der Waals surface area contributed by atoms with E-state index >= 15 is 0 Å². The molecule has 1 saturated carbocycles. The highest BCUT2D eigenvalue weighted by atomic mass is 16.6. The molecule has 6 atom stereocenters. The first-order valence-corrected chi connectivity index (χ1v) is 12.2. The summed E-state index contributed by atoms with van der Waals surface area (Å²) in [6, 6.07) is 8.67. The molecule has 3 heterocycles. The summed E-state index contributed by atoms with van der Waals surface area (Å²) in [5.74, 6) is 1.09. The van der Waals surface area contributed by atoms with Crippen molar-refractivity contribution in [3.05, 3.63) is 48.0 Å². The second kappa shape index (κ2) is 10.2. The van der Waals surface area contributed by atoms with Crippen LogP contribution in [0.1, 0.15) is 56.4 Å². The van der Waals surface area contributed by atoms with E-state index in [1.807, 2.05) is 0 Å². The number of aromatic nitrogens is 4. The fraction of sp³-hybridized carbons (Fsp3) is 0.560. The molecular formula is C25H33N5O5. The number of aliphatic hydroxyl groups is 3. The summed E-state index contributed by atoms with van der Waals surface area (Å²) in [5.41, 5.74) is 3.48. The molecular weight excluding hydrogens is 450 g/mol. The molecule has 5 rings (SSSR count). The lowest BCUT2D eigenvalue weighted by Crippen LogP contribution is -2.33. The second-order valence-electron chi connectivity index (χ2n) is 9.70. The van der Waals surface area contributed by atoms with Gasteiger partial charge in [0.15, 0.2) is 23.2 Å². The first kappa shape index (κ1) is 24.1. The Morgan fingerprint density at radius 3 is 2.63 bits per heavy atom. The van der Waals surface area contributed by atoms with Crippen LogP contribution in [0.5, 0.6) is 0 Å². The number of ether oxygens (including phenoxy) is 2. The molecule has 1 aliphatic heterocycles. The van der Waals surface area contributed by atoms with E-state index in [2.05, 4.69) is 58.4 Å². The van der Waals surface area contributed by atoms with Gasteiger partial charge in [0.1, 0.15) is 24.6 Å². The highest BCUT2D eigenvalue weighted by Crippen LogP contribution is 2.33. The lowest BCUT2D eigenvalue weighted by atomic mass is 10.0.